The first-order valence-electron chi connectivity index (χ1n) is 19.5. The normalized spacial score (nSPS) is 36.8. The average molecular weight is 714 g/mol. The first-order valence-corrected chi connectivity index (χ1v) is 19.5. The summed E-state index contributed by atoms with van der Waals surface area (Å²) in [5.41, 5.74) is -1.92. The molecule has 7 rings (SSSR count). The summed E-state index contributed by atoms with van der Waals surface area (Å²) in [5, 5.41) is 22.9. The molecule has 0 radical (unpaired) electrons. The number of hydrogen-bond donors (Lipinski definition) is 5. The number of carbonyl (C=O) groups is 5. The molecular weight excluding hydrogens is 650 g/mol. The molecule has 3 spiro atoms. The van der Waals surface area contributed by atoms with Crippen molar-refractivity contribution in [3.63, 3.8) is 0 Å². The number of rotatable bonds is 8. The van der Waals surface area contributed by atoms with Crippen LogP contribution in [0.4, 0.5) is 4.79 Å². The Morgan fingerprint density at radius 3 is 2.25 bits per heavy atom. The van der Waals surface area contributed by atoms with Gasteiger partial charge in [0.05, 0.1) is 6.04 Å². The highest BCUT2D eigenvalue weighted by Gasteiger charge is 2.88. The van der Waals surface area contributed by atoms with Crippen LogP contribution in [0.25, 0.3) is 0 Å². The van der Waals surface area contributed by atoms with E-state index in [1.54, 1.807) is 25.7 Å². The summed E-state index contributed by atoms with van der Waals surface area (Å²) in [7, 11) is 0. The van der Waals surface area contributed by atoms with Gasteiger partial charge in [0.15, 0.2) is 6.10 Å². The second kappa shape index (κ2) is 12.6. The molecule has 4 saturated carbocycles. The Morgan fingerprint density at radius 1 is 1.00 bits per heavy atom. The number of ether oxygens (including phenoxy) is 1. The Morgan fingerprint density at radius 2 is 1.67 bits per heavy atom. The molecule has 5 amide bonds. The van der Waals surface area contributed by atoms with Crippen LogP contribution in [0.3, 0.4) is 0 Å². The molecule has 0 aromatic rings. The maximum Gasteiger partial charge on any atom is 0.408 e. The van der Waals surface area contributed by atoms with Gasteiger partial charge >= 0.3 is 6.09 Å². The first-order chi connectivity index (χ1) is 23.6. The zero-order valence-electron chi connectivity index (χ0n) is 32.4. The smallest absolute Gasteiger partial charge is 0.408 e. The number of aliphatic hydroxyl groups excluding tert-OH is 1. The Balaban J connectivity index is 1.35. The van der Waals surface area contributed by atoms with Gasteiger partial charge in [0.2, 0.25) is 17.7 Å². The topological polar surface area (TPSA) is 166 Å². The molecule has 51 heavy (non-hydrogen) atoms. The number of alkyl carbamates (subject to hydrolysis) is 1. The maximum atomic E-state index is 14.9. The average Bonchev–Trinajstić information content (AvgIpc) is 3.82. The summed E-state index contributed by atoms with van der Waals surface area (Å²) >= 11 is 0. The monoisotopic (exact) mass is 713 g/mol. The molecule has 7 atom stereocenters. The molecule has 286 valence electrons. The van der Waals surface area contributed by atoms with Crippen molar-refractivity contribution in [3.8, 4) is 0 Å². The third-order valence-electron chi connectivity index (χ3n) is 13.8. The number of amides is 5. The fourth-order valence-electron chi connectivity index (χ4n) is 11.0. The summed E-state index contributed by atoms with van der Waals surface area (Å²) in [4.78, 5) is 71.5. The van der Waals surface area contributed by atoms with Crippen LogP contribution >= 0.6 is 0 Å². The highest BCUT2D eigenvalue weighted by atomic mass is 16.6. The van der Waals surface area contributed by atoms with Crippen molar-refractivity contribution in [1.82, 2.24) is 26.2 Å². The number of fused-ring (bicyclic) bond motifs is 4. The fraction of sp³-hybridized carbons (Fsp3) is 0.872. The number of aliphatic hydroxyl groups is 1. The van der Waals surface area contributed by atoms with Crippen molar-refractivity contribution in [3.05, 3.63) is 0 Å². The Kier molecular flexibility index (Phi) is 9.36. The molecule has 0 aromatic heterocycles. The third-order valence-corrected chi connectivity index (χ3v) is 13.8. The van der Waals surface area contributed by atoms with Crippen LogP contribution < -0.4 is 21.3 Å². The minimum Gasteiger partial charge on any atom is -0.444 e. The molecule has 3 aliphatic heterocycles. The van der Waals surface area contributed by atoms with Gasteiger partial charge in [0, 0.05) is 18.0 Å². The predicted molar refractivity (Wildman–Crippen MR) is 191 cm³/mol. The quantitative estimate of drug-likeness (QED) is 0.254. The van der Waals surface area contributed by atoms with Gasteiger partial charge in [-0.15, -0.1) is 0 Å². The molecule has 3 unspecified atom stereocenters. The number of hydrogen-bond acceptors (Lipinski definition) is 7. The van der Waals surface area contributed by atoms with E-state index in [9.17, 15) is 29.1 Å². The van der Waals surface area contributed by atoms with Gasteiger partial charge in [-0.25, -0.2) is 4.79 Å². The minimum absolute atomic E-state index is 0.0236. The molecule has 7 fully saturated rings. The van der Waals surface area contributed by atoms with Gasteiger partial charge in [0.1, 0.15) is 23.7 Å². The van der Waals surface area contributed by atoms with Gasteiger partial charge in [-0.1, -0.05) is 54.4 Å². The van der Waals surface area contributed by atoms with E-state index >= 15 is 0 Å². The van der Waals surface area contributed by atoms with Crippen molar-refractivity contribution >= 4 is 29.7 Å². The second-order valence-electron chi connectivity index (χ2n) is 19.7. The number of nitrogens with one attached hydrogen (secondary N) is 4. The van der Waals surface area contributed by atoms with Gasteiger partial charge in [0.25, 0.3) is 5.91 Å². The number of nitrogens with zero attached hydrogens (tertiary/aromatic N) is 1. The van der Waals surface area contributed by atoms with Crippen LogP contribution in [0.5, 0.6) is 0 Å². The molecular formula is C39H63N5O7. The first kappa shape index (κ1) is 37.9. The standard InChI is InChI=1S/C39H63N5O7/c1-10-12-24(27(45)31(48)40-23-14-15-23)41-29(46)25-18-38-21-44(25)32(49)28(34(2,3)4)43-30(47)26(42-33(50)51-35(5,6)7)22-13-11-16-37(17-22)19-39(38,20-37)36(38,8)9/h22-28,45H,10-21H2,1-9H3,(H,40,48)(H,41,46)(H,42,50)(H,43,47)/t22?,24?,25-,26-,27?,28+,37?,38+,39?/m0/s1. The Hall–Kier alpha value is -2.89. The lowest BCUT2D eigenvalue weighted by molar-refractivity contribution is -0.145. The van der Waals surface area contributed by atoms with Crippen LogP contribution in [-0.2, 0) is 23.9 Å². The third kappa shape index (κ3) is 6.54. The number of carbonyl (C=O) groups excluding carboxylic acids is 5. The molecule has 5 N–H and O–H groups in total. The predicted octanol–water partition coefficient (Wildman–Crippen LogP) is 3.93. The van der Waals surface area contributed by atoms with E-state index < -0.39 is 59.2 Å². The lowest BCUT2D eigenvalue weighted by atomic mass is 9.49. The lowest BCUT2D eigenvalue weighted by Gasteiger charge is -2.56. The van der Waals surface area contributed by atoms with E-state index in [1.807, 2.05) is 27.7 Å². The lowest BCUT2D eigenvalue weighted by Crippen LogP contribution is -2.62. The maximum absolute atomic E-state index is 14.9. The van der Waals surface area contributed by atoms with Gasteiger partial charge in [-0.05, 0) is 106 Å². The van der Waals surface area contributed by atoms with E-state index in [2.05, 4.69) is 35.1 Å². The largest absolute Gasteiger partial charge is 0.444 e. The van der Waals surface area contributed by atoms with E-state index in [1.165, 1.54) is 0 Å². The van der Waals surface area contributed by atoms with Gasteiger partial charge < -0.3 is 36.0 Å². The minimum atomic E-state index is -1.41. The SMILES string of the molecule is CCCC(NC(=O)[C@@H]1C[C@]23CN1C(=O)[C@H](C(C)(C)C)NC(=O)[C@@H](NC(=O)OC(C)(C)C)C1CCCC4(C1)CC2(C4)C3(C)C)C(O)C(=O)NC1CC1. The highest BCUT2D eigenvalue weighted by molar-refractivity contribution is 5.95. The molecule has 0 aromatic carbocycles. The molecule has 3 saturated heterocycles. The molecule has 7 aliphatic rings. The van der Waals surface area contributed by atoms with Crippen molar-refractivity contribution in [2.45, 2.75) is 175 Å². The molecule has 3 heterocycles. The van der Waals surface area contributed by atoms with E-state index in [0.29, 0.717) is 25.8 Å². The Bertz CT molecular complexity index is 1440. The van der Waals surface area contributed by atoms with Crippen molar-refractivity contribution in [2.75, 3.05) is 6.54 Å². The Labute approximate surface area is 303 Å². The van der Waals surface area contributed by atoms with E-state index in [-0.39, 0.29) is 45.4 Å². The summed E-state index contributed by atoms with van der Waals surface area (Å²) in [6.45, 7) is 18.0. The summed E-state index contributed by atoms with van der Waals surface area (Å²) in [6, 6.07) is -3.42. The van der Waals surface area contributed by atoms with Gasteiger partial charge in [-0.3, -0.25) is 19.2 Å². The second-order valence-corrected chi connectivity index (χ2v) is 19.7. The van der Waals surface area contributed by atoms with Crippen molar-refractivity contribution in [1.29, 1.82) is 0 Å². The zero-order valence-corrected chi connectivity index (χ0v) is 32.4. The summed E-state index contributed by atoms with van der Waals surface area (Å²) < 4.78 is 5.61. The van der Waals surface area contributed by atoms with Gasteiger partial charge in [-0.2, -0.15) is 0 Å². The molecule has 12 nitrogen and oxygen atoms in total. The summed E-state index contributed by atoms with van der Waals surface area (Å²) in [5.74, 6) is -1.72. The molecule has 5 bridgehead atoms. The van der Waals surface area contributed by atoms with Crippen molar-refractivity contribution in [2.24, 2.45) is 33.0 Å². The zero-order chi connectivity index (χ0) is 37.5. The van der Waals surface area contributed by atoms with Crippen molar-refractivity contribution < 1.29 is 33.8 Å². The van der Waals surface area contributed by atoms with Crippen LogP contribution in [-0.4, -0.2) is 88.2 Å². The van der Waals surface area contributed by atoms with Crippen LogP contribution in [0.15, 0.2) is 0 Å². The highest BCUT2D eigenvalue weighted by Crippen LogP contribution is 2.92. The van der Waals surface area contributed by atoms with Crippen LogP contribution in [0, 0.1) is 33.0 Å². The van der Waals surface area contributed by atoms with Crippen LogP contribution in [0.2, 0.25) is 0 Å². The van der Waals surface area contributed by atoms with Crippen LogP contribution in [0.1, 0.15) is 133 Å². The molecule has 4 aliphatic carbocycles. The fourth-order valence-corrected chi connectivity index (χ4v) is 11.0. The molecule has 12 heteroatoms. The van der Waals surface area contributed by atoms with E-state index in [0.717, 1.165) is 51.4 Å². The summed E-state index contributed by atoms with van der Waals surface area (Å²) in [6.07, 6.45) is 6.76. The van der Waals surface area contributed by atoms with E-state index in [4.69, 9.17) is 4.74 Å².